The van der Waals surface area contributed by atoms with Crippen LogP contribution < -0.4 is 0 Å². The van der Waals surface area contributed by atoms with E-state index < -0.39 is 0 Å². The highest BCUT2D eigenvalue weighted by Crippen LogP contribution is 2.44. The number of para-hydroxylation sites is 1. The SMILES string of the molecule is N#Cc1c(-c2ccccc2)c(-c2ccccc2)c2[nH]c3ccccc3c2c1C#N. The van der Waals surface area contributed by atoms with E-state index in [1.807, 2.05) is 84.9 Å². The van der Waals surface area contributed by atoms with Crippen LogP contribution in [-0.2, 0) is 0 Å². The number of benzene rings is 4. The van der Waals surface area contributed by atoms with E-state index >= 15 is 0 Å². The number of nitriles is 2. The van der Waals surface area contributed by atoms with Gasteiger partial charge in [-0.1, -0.05) is 78.9 Å². The van der Waals surface area contributed by atoms with Crippen LogP contribution in [0.25, 0.3) is 44.1 Å². The minimum absolute atomic E-state index is 0.412. The van der Waals surface area contributed by atoms with Crippen LogP contribution in [-0.4, -0.2) is 4.98 Å². The number of rotatable bonds is 2. The minimum atomic E-state index is 0.412. The molecule has 1 heterocycles. The van der Waals surface area contributed by atoms with Gasteiger partial charge in [-0.2, -0.15) is 10.5 Å². The predicted molar refractivity (Wildman–Crippen MR) is 116 cm³/mol. The Balaban J connectivity index is 2.10. The molecule has 0 saturated heterocycles. The summed E-state index contributed by atoms with van der Waals surface area (Å²) in [6, 6.07) is 32.4. The smallest absolute Gasteiger partial charge is 0.101 e. The molecule has 4 aromatic carbocycles. The van der Waals surface area contributed by atoms with E-state index in [-0.39, 0.29) is 0 Å². The molecule has 5 aromatic rings. The summed E-state index contributed by atoms with van der Waals surface area (Å²) in [6.45, 7) is 0. The van der Waals surface area contributed by atoms with Gasteiger partial charge in [0.2, 0.25) is 0 Å². The Morgan fingerprint density at radius 2 is 1.14 bits per heavy atom. The zero-order valence-electron chi connectivity index (χ0n) is 15.5. The van der Waals surface area contributed by atoms with Gasteiger partial charge in [0.25, 0.3) is 0 Å². The molecule has 0 amide bonds. The lowest BCUT2D eigenvalue weighted by Gasteiger charge is -2.16. The molecule has 0 saturated carbocycles. The lowest BCUT2D eigenvalue weighted by atomic mass is 9.85. The normalized spacial score (nSPS) is 10.7. The predicted octanol–water partition coefficient (Wildman–Crippen LogP) is 6.40. The molecule has 1 N–H and O–H groups in total. The number of aromatic amines is 1. The molecule has 0 radical (unpaired) electrons. The van der Waals surface area contributed by atoms with Crippen molar-refractivity contribution >= 4 is 21.8 Å². The van der Waals surface area contributed by atoms with E-state index in [0.29, 0.717) is 11.1 Å². The zero-order valence-corrected chi connectivity index (χ0v) is 15.5. The van der Waals surface area contributed by atoms with E-state index in [9.17, 15) is 10.5 Å². The molecular weight excluding hydrogens is 354 g/mol. The minimum Gasteiger partial charge on any atom is -0.354 e. The van der Waals surface area contributed by atoms with Gasteiger partial charge in [0, 0.05) is 27.4 Å². The topological polar surface area (TPSA) is 63.4 Å². The standard InChI is InChI=1S/C26H15N3/c27-15-20-21(16-28)25-19-13-7-8-14-22(19)29-26(25)24(18-11-5-2-6-12-18)23(20)17-9-3-1-4-10-17/h1-14,29H. The molecule has 0 unspecified atom stereocenters. The monoisotopic (exact) mass is 369 g/mol. The number of nitrogens with zero attached hydrogens (tertiary/aromatic N) is 2. The van der Waals surface area contributed by atoms with Crippen molar-refractivity contribution < 1.29 is 0 Å². The summed E-state index contributed by atoms with van der Waals surface area (Å²) in [6.07, 6.45) is 0. The van der Waals surface area contributed by atoms with Crippen molar-refractivity contribution in [2.24, 2.45) is 0 Å². The Hall–Kier alpha value is -4.34. The summed E-state index contributed by atoms with van der Waals surface area (Å²) in [5.41, 5.74) is 6.31. The maximum absolute atomic E-state index is 10.1. The van der Waals surface area contributed by atoms with Crippen molar-refractivity contribution in [1.82, 2.24) is 4.98 Å². The van der Waals surface area contributed by atoms with E-state index in [1.54, 1.807) is 0 Å². The number of nitrogens with one attached hydrogen (secondary N) is 1. The number of hydrogen-bond donors (Lipinski definition) is 1. The molecule has 29 heavy (non-hydrogen) atoms. The Labute approximate surface area is 168 Å². The summed E-state index contributed by atoms with van der Waals surface area (Å²) < 4.78 is 0. The maximum atomic E-state index is 10.1. The fourth-order valence-electron chi connectivity index (χ4n) is 4.10. The van der Waals surface area contributed by atoms with Crippen LogP contribution in [0.5, 0.6) is 0 Å². The van der Waals surface area contributed by atoms with Crippen LogP contribution >= 0.6 is 0 Å². The van der Waals surface area contributed by atoms with Crippen LogP contribution in [0.3, 0.4) is 0 Å². The van der Waals surface area contributed by atoms with Gasteiger partial charge < -0.3 is 4.98 Å². The van der Waals surface area contributed by atoms with E-state index in [0.717, 1.165) is 44.1 Å². The van der Waals surface area contributed by atoms with Crippen LogP contribution in [0.15, 0.2) is 84.9 Å². The average Bonchev–Trinajstić information content (AvgIpc) is 3.17. The summed E-state index contributed by atoms with van der Waals surface area (Å²) in [7, 11) is 0. The van der Waals surface area contributed by atoms with Crippen LogP contribution in [0.2, 0.25) is 0 Å². The third kappa shape index (κ3) is 2.50. The first kappa shape index (κ1) is 16.8. The van der Waals surface area contributed by atoms with Crippen molar-refractivity contribution in [3.63, 3.8) is 0 Å². The second-order valence-electron chi connectivity index (χ2n) is 6.88. The van der Waals surface area contributed by atoms with Gasteiger partial charge in [0.05, 0.1) is 16.6 Å². The van der Waals surface area contributed by atoms with Crippen molar-refractivity contribution in [1.29, 1.82) is 10.5 Å². The molecule has 0 aliphatic carbocycles. The molecule has 134 valence electrons. The first-order valence-corrected chi connectivity index (χ1v) is 9.35. The fourth-order valence-corrected chi connectivity index (χ4v) is 4.10. The number of aromatic nitrogens is 1. The van der Waals surface area contributed by atoms with Gasteiger partial charge in [-0.15, -0.1) is 0 Å². The summed E-state index contributed by atoms with van der Waals surface area (Å²) in [5.74, 6) is 0. The Bertz CT molecular complexity index is 1450. The van der Waals surface area contributed by atoms with Gasteiger partial charge in [0.15, 0.2) is 0 Å². The summed E-state index contributed by atoms with van der Waals surface area (Å²) in [5, 5.41) is 21.9. The van der Waals surface area contributed by atoms with Gasteiger partial charge in [-0.3, -0.25) is 0 Å². The van der Waals surface area contributed by atoms with Crippen molar-refractivity contribution in [3.05, 3.63) is 96.1 Å². The van der Waals surface area contributed by atoms with Gasteiger partial charge >= 0.3 is 0 Å². The molecule has 0 aliphatic heterocycles. The zero-order chi connectivity index (χ0) is 19.8. The number of H-pyrrole nitrogens is 1. The van der Waals surface area contributed by atoms with Crippen LogP contribution in [0.1, 0.15) is 11.1 Å². The lowest BCUT2D eigenvalue weighted by molar-refractivity contribution is 1.44. The van der Waals surface area contributed by atoms with Gasteiger partial charge in [0.1, 0.15) is 12.1 Å². The average molecular weight is 369 g/mol. The molecule has 0 atom stereocenters. The second-order valence-corrected chi connectivity index (χ2v) is 6.88. The maximum Gasteiger partial charge on any atom is 0.101 e. The van der Waals surface area contributed by atoms with Crippen LogP contribution in [0, 0.1) is 22.7 Å². The Morgan fingerprint density at radius 3 is 1.76 bits per heavy atom. The van der Waals surface area contributed by atoms with E-state index in [2.05, 4.69) is 17.1 Å². The van der Waals surface area contributed by atoms with Gasteiger partial charge in [-0.05, 0) is 17.2 Å². The highest BCUT2D eigenvalue weighted by Gasteiger charge is 2.24. The summed E-state index contributed by atoms with van der Waals surface area (Å²) >= 11 is 0. The summed E-state index contributed by atoms with van der Waals surface area (Å²) in [4.78, 5) is 3.52. The molecule has 3 nitrogen and oxygen atoms in total. The first-order chi connectivity index (χ1) is 14.3. The van der Waals surface area contributed by atoms with Crippen molar-refractivity contribution in [2.45, 2.75) is 0 Å². The van der Waals surface area contributed by atoms with E-state index in [4.69, 9.17) is 0 Å². The molecular formula is C26H15N3. The van der Waals surface area contributed by atoms with Crippen molar-refractivity contribution in [2.75, 3.05) is 0 Å². The van der Waals surface area contributed by atoms with E-state index in [1.165, 1.54) is 0 Å². The molecule has 0 fully saturated rings. The quantitative estimate of drug-likeness (QED) is 0.391. The molecule has 0 spiro atoms. The second kappa shape index (κ2) is 6.68. The highest BCUT2D eigenvalue weighted by molar-refractivity contribution is 6.18. The molecule has 3 heteroatoms. The lowest BCUT2D eigenvalue weighted by Crippen LogP contribution is -1.96. The fraction of sp³-hybridized carbons (Fsp3) is 0. The molecule has 1 aromatic heterocycles. The van der Waals surface area contributed by atoms with Crippen LogP contribution in [0.4, 0.5) is 0 Å². The highest BCUT2D eigenvalue weighted by atomic mass is 14.7. The third-order valence-corrected chi connectivity index (χ3v) is 5.30. The molecule has 5 rings (SSSR count). The largest absolute Gasteiger partial charge is 0.354 e. The van der Waals surface area contributed by atoms with Crippen molar-refractivity contribution in [3.8, 4) is 34.4 Å². The molecule has 0 aliphatic rings. The third-order valence-electron chi connectivity index (χ3n) is 5.30. The molecule has 0 bridgehead atoms. The first-order valence-electron chi connectivity index (χ1n) is 9.35. The number of fused-ring (bicyclic) bond motifs is 3. The Kier molecular flexibility index (Phi) is 3.87. The van der Waals surface area contributed by atoms with Gasteiger partial charge in [-0.25, -0.2) is 0 Å². The number of hydrogen-bond acceptors (Lipinski definition) is 2. The Morgan fingerprint density at radius 1 is 0.586 bits per heavy atom.